The van der Waals surface area contributed by atoms with Gasteiger partial charge in [0, 0.05) is 6.07 Å². The Balaban J connectivity index is 1.60. The average molecular weight is 476 g/mol. The van der Waals surface area contributed by atoms with Crippen molar-refractivity contribution in [3.8, 4) is 34.5 Å². The third-order valence-corrected chi connectivity index (χ3v) is 5.25. The third kappa shape index (κ3) is 4.91. The molecule has 0 amide bonds. The minimum Gasteiger partial charge on any atom is -0.493 e. The van der Waals surface area contributed by atoms with E-state index in [4.69, 9.17) is 28.1 Å². The van der Waals surface area contributed by atoms with Gasteiger partial charge in [0.05, 0.1) is 32.3 Å². The molecule has 4 aromatic rings. The maximum Gasteiger partial charge on any atom is 0.343 e. The molecule has 8 heteroatoms. The highest BCUT2D eigenvalue weighted by Crippen LogP contribution is 2.38. The fourth-order valence-corrected chi connectivity index (χ4v) is 3.71. The van der Waals surface area contributed by atoms with Crippen molar-refractivity contribution in [1.29, 1.82) is 0 Å². The number of hydrogen-bond donors (Lipinski definition) is 0. The van der Waals surface area contributed by atoms with E-state index in [-0.39, 0.29) is 28.1 Å². The molecule has 0 N–H and O–H groups in total. The zero-order valence-electron chi connectivity index (χ0n) is 20.0. The van der Waals surface area contributed by atoms with Gasteiger partial charge >= 0.3 is 5.97 Å². The Kier molecular flexibility index (Phi) is 6.64. The molecule has 0 aliphatic carbocycles. The Bertz CT molecular complexity index is 1420. The lowest BCUT2D eigenvalue weighted by Gasteiger charge is -2.13. The zero-order valence-corrected chi connectivity index (χ0v) is 20.0. The van der Waals surface area contributed by atoms with Gasteiger partial charge < -0.3 is 28.1 Å². The largest absolute Gasteiger partial charge is 0.493 e. The summed E-state index contributed by atoms with van der Waals surface area (Å²) in [6.45, 7) is 3.90. The Labute approximate surface area is 201 Å². The van der Waals surface area contributed by atoms with E-state index in [1.807, 2.05) is 32.0 Å². The van der Waals surface area contributed by atoms with Crippen molar-refractivity contribution in [2.75, 3.05) is 21.3 Å². The lowest BCUT2D eigenvalue weighted by atomic mass is 10.1. The first-order valence-corrected chi connectivity index (χ1v) is 10.7. The highest BCUT2D eigenvalue weighted by Gasteiger charge is 2.19. The topological polar surface area (TPSA) is 93.4 Å². The van der Waals surface area contributed by atoms with Crippen LogP contribution >= 0.6 is 0 Å². The number of ether oxygens (including phenoxy) is 5. The van der Waals surface area contributed by atoms with Crippen LogP contribution in [-0.2, 0) is 0 Å². The summed E-state index contributed by atoms with van der Waals surface area (Å²) in [4.78, 5) is 25.7. The second kappa shape index (κ2) is 9.80. The number of benzene rings is 3. The van der Waals surface area contributed by atoms with Gasteiger partial charge in [0.2, 0.25) is 16.9 Å². The van der Waals surface area contributed by atoms with Gasteiger partial charge in [-0.3, -0.25) is 4.79 Å². The summed E-state index contributed by atoms with van der Waals surface area (Å²) < 4.78 is 32.7. The number of hydrogen-bond acceptors (Lipinski definition) is 8. The molecule has 1 aromatic heterocycles. The van der Waals surface area contributed by atoms with Crippen LogP contribution in [0, 0.1) is 13.8 Å². The summed E-state index contributed by atoms with van der Waals surface area (Å²) in [5.74, 6) is 1.15. The highest BCUT2D eigenvalue weighted by molar-refractivity contribution is 5.93. The van der Waals surface area contributed by atoms with Gasteiger partial charge in [0.25, 0.3) is 0 Å². The lowest BCUT2D eigenvalue weighted by molar-refractivity contribution is 0.0734. The molecule has 0 atom stereocenters. The van der Waals surface area contributed by atoms with E-state index >= 15 is 0 Å². The fourth-order valence-electron chi connectivity index (χ4n) is 3.71. The van der Waals surface area contributed by atoms with Gasteiger partial charge in [0.15, 0.2) is 11.5 Å². The highest BCUT2D eigenvalue weighted by atomic mass is 16.5. The summed E-state index contributed by atoms with van der Waals surface area (Å²) in [6, 6.07) is 13.2. The van der Waals surface area contributed by atoms with Gasteiger partial charge in [0.1, 0.15) is 23.3 Å². The first kappa shape index (κ1) is 23.7. The molecule has 4 rings (SSSR count). The minimum absolute atomic E-state index is 0.0599. The normalized spacial score (nSPS) is 10.7. The molecule has 0 bridgehead atoms. The van der Waals surface area contributed by atoms with Crippen LogP contribution in [0.3, 0.4) is 0 Å². The molecular formula is C27H24O8. The van der Waals surface area contributed by atoms with Crippen LogP contribution in [-0.4, -0.2) is 27.3 Å². The molecule has 0 aliphatic rings. The molecule has 8 nitrogen and oxygen atoms in total. The molecule has 0 saturated carbocycles. The van der Waals surface area contributed by atoms with Crippen LogP contribution in [0.4, 0.5) is 0 Å². The third-order valence-electron chi connectivity index (χ3n) is 5.25. The van der Waals surface area contributed by atoms with Crippen molar-refractivity contribution in [1.82, 2.24) is 0 Å². The van der Waals surface area contributed by atoms with Gasteiger partial charge in [-0.2, -0.15) is 0 Å². The first-order valence-electron chi connectivity index (χ1n) is 10.7. The molecule has 0 saturated heterocycles. The number of aryl methyl sites for hydroxylation is 2. The predicted molar refractivity (Wildman–Crippen MR) is 130 cm³/mol. The second-order valence-corrected chi connectivity index (χ2v) is 7.82. The molecule has 0 radical (unpaired) electrons. The van der Waals surface area contributed by atoms with Crippen LogP contribution in [0.5, 0.6) is 34.5 Å². The van der Waals surface area contributed by atoms with Gasteiger partial charge in [-0.15, -0.1) is 0 Å². The maximum absolute atomic E-state index is 12.9. The fraction of sp³-hybridized carbons (Fsp3) is 0.185. The van der Waals surface area contributed by atoms with E-state index in [9.17, 15) is 9.59 Å². The average Bonchev–Trinajstić information content (AvgIpc) is 2.84. The van der Waals surface area contributed by atoms with E-state index in [0.29, 0.717) is 28.4 Å². The molecule has 3 aromatic carbocycles. The molecule has 0 spiro atoms. The number of esters is 1. The SMILES string of the molecule is COc1cc(C(=O)Oc2ccc3c(=O)c(Oc4cc(C)cc(C)c4)coc3c2)cc(OC)c1OC. The Morgan fingerprint density at radius 3 is 2.03 bits per heavy atom. The first-order chi connectivity index (χ1) is 16.8. The number of fused-ring (bicyclic) bond motifs is 1. The number of carbonyl (C=O) groups excluding carboxylic acids is 1. The van der Waals surface area contributed by atoms with Crippen LogP contribution in [0.25, 0.3) is 11.0 Å². The van der Waals surface area contributed by atoms with Crippen molar-refractivity contribution in [3.63, 3.8) is 0 Å². The summed E-state index contributed by atoms with van der Waals surface area (Å²) >= 11 is 0. The van der Waals surface area contributed by atoms with E-state index in [1.54, 1.807) is 0 Å². The van der Waals surface area contributed by atoms with Crippen molar-refractivity contribution < 1.29 is 32.9 Å². The Morgan fingerprint density at radius 2 is 1.43 bits per heavy atom. The summed E-state index contributed by atoms with van der Waals surface area (Å²) in [7, 11) is 4.38. The van der Waals surface area contributed by atoms with E-state index < -0.39 is 5.97 Å². The molecule has 1 heterocycles. The van der Waals surface area contributed by atoms with Crippen LogP contribution in [0.15, 0.2) is 64.0 Å². The lowest BCUT2D eigenvalue weighted by Crippen LogP contribution is -2.10. The van der Waals surface area contributed by atoms with Crippen molar-refractivity contribution in [2.24, 2.45) is 0 Å². The molecular weight excluding hydrogens is 452 g/mol. The van der Waals surface area contributed by atoms with Gasteiger partial charge in [-0.1, -0.05) is 6.07 Å². The molecule has 180 valence electrons. The number of methoxy groups -OCH3 is 3. The summed E-state index contributed by atoms with van der Waals surface area (Å²) in [6.07, 6.45) is 1.24. The van der Waals surface area contributed by atoms with Crippen LogP contribution in [0.2, 0.25) is 0 Å². The van der Waals surface area contributed by atoms with Crippen molar-refractivity contribution >= 4 is 16.9 Å². The predicted octanol–water partition coefficient (Wildman–Crippen LogP) is 5.45. The van der Waals surface area contributed by atoms with Crippen LogP contribution < -0.4 is 29.1 Å². The number of rotatable bonds is 7. The van der Waals surface area contributed by atoms with E-state index in [2.05, 4.69) is 0 Å². The van der Waals surface area contributed by atoms with E-state index in [1.165, 1.54) is 57.9 Å². The Hall–Kier alpha value is -4.46. The van der Waals surface area contributed by atoms with Gasteiger partial charge in [-0.05, 0) is 61.4 Å². The standard InChI is InChI=1S/C27H24O8/c1-15-8-16(2)10-19(9-15)34-24-14-33-21-13-18(6-7-20(21)25(24)28)35-27(29)17-11-22(30-3)26(32-5)23(12-17)31-4/h6-14H,1-5H3. The Morgan fingerprint density at radius 1 is 0.771 bits per heavy atom. The quantitative estimate of drug-likeness (QED) is 0.257. The summed E-state index contributed by atoms with van der Waals surface area (Å²) in [5.41, 5.74) is 2.14. The van der Waals surface area contributed by atoms with E-state index in [0.717, 1.165) is 11.1 Å². The van der Waals surface area contributed by atoms with Crippen LogP contribution in [0.1, 0.15) is 21.5 Å². The molecule has 0 aliphatic heterocycles. The monoisotopic (exact) mass is 476 g/mol. The molecule has 0 unspecified atom stereocenters. The molecule has 0 fully saturated rings. The molecule has 35 heavy (non-hydrogen) atoms. The smallest absolute Gasteiger partial charge is 0.343 e. The second-order valence-electron chi connectivity index (χ2n) is 7.82. The summed E-state index contributed by atoms with van der Waals surface area (Å²) in [5, 5.41) is 0.291. The zero-order chi connectivity index (χ0) is 25.1. The van der Waals surface area contributed by atoms with Crippen molar-refractivity contribution in [3.05, 3.63) is 81.7 Å². The maximum atomic E-state index is 12.9. The minimum atomic E-state index is -0.652. The van der Waals surface area contributed by atoms with Gasteiger partial charge in [-0.25, -0.2) is 4.79 Å². The number of carbonyl (C=O) groups is 1. The van der Waals surface area contributed by atoms with Crippen molar-refractivity contribution in [2.45, 2.75) is 13.8 Å².